The second-order valence-electron chi connectivity index (χ2n) is 5.57. The Balaban J connectivity index is 2.21. The Labute approximate surface area is 147 Å². The largest absolute Gasteiger partial charge is 0.469 e. The van der Waals surface area contributed by atoms with Gasteiger partial charge in [0.25, 0.3) is 5.91 Å². The molecule has 1 heterocycles. The van der Waals surface area contributed by atoms with E-state index in [0.29, 0.717) is 0 Å². The molecule has 6 heteroatoms. The zero-order valence-electron chi connectivity index (χ0n) is 14.2. The Morgan fingerprint density at radius 2 is 1.76 bits per heavy atom. The predicted molar refractivity (Wildman–Crippen MR) is 91.3 cm³/mol. The van der Waals surface area contributed by atoms with Gasteiger partial charge in [-0.25, -0.2) is 0 Å². The van der Waals surface area contributed by atoms with Crippen LogP contribution in [0.4, 0.5) is 0 Å². The van der Waals surface area contributed by atoms with Gasteiger partial charge in [-0.3, -0.25) is 9.59 Å². The molecule has 1 aromatic carbocycles. The fourth-order valence-corrected chi connectivity index (χ4v) is 2.61. The molecular weight excluding hydrogens is 320 g/mol. The molecule has 6 nitrogen and oxygen atoms in total. The maximum atomic E-state index is 12.8. The monoisotopic (exact) mass is 343 g/mol. The normalized spacial score (nSPS) is 11.6. The third-order valence-electron chi connectivity index (χ3n) is 3.93. The average molecular weight is 343 g/mol. The lowest BCUT2D eigenvalue weighted by molar-refractivity contribution is -0.685. The van der Waals surface area contributed by atoms with Crippen LogP contribution in [0.2, 0.25) is 0 Å². The molecule has 0 unspecified atom stereocenters. The van der Waals surface area contributed by atoms with E-state index in [2.05, 4.69) is 4.74 Å². The molecule has 25 heavy (non-hydrogen) atoms. The fourth-order valence-electron chi connectivity index (χ4n) is 2.61. The Morgan fingerprint density at radius 1 is 1.12 bits per heavy atom. The number of carbonyl (C=O) groups excluding carboxylic acids is 2. The quantitative estimate of drug-likeness (QED) is 0.576. The molecule has 0 saturated carbocycles. The molecule has 1 atom stereocenters. The van der Waals surface area contributed by atoms with E-state index in [9.17, 15) is 14.7 Å². The fraction of sp³-hybridized carbons (Fsp3) is 0.316. The Bertz CT molecular complexity index is 676. The molecule has 0 aliphatic carbocycles. The average Bonchev–Trinajstić information content (AvgIpc) is 2.66. The Kier molecular flexibility index (Phi) is 7.10. The van der Waals surface area contributed by atoms with Crippen molar-refractivity contribution >= 4 is 11.9 Å². The molecule has 132 valence electrons. The highest BCUT2D eigenvalue weighted by atomic mass is 16.5. The van der Waals surface area contributed by atoms with E-state index < -0.39 is 12.0 Å². The molecule has 1 N–H and O–H groups in total. The van der Waals surface area contributed by atoms with E-state index in [1.54, 1.807) is 17.0 Å². The molecule has 2 rings (SSSR count). The molecule has 0 bridgehead atoms. The van der Waals surface area contributed by atoms with Gasteiger partial charge in [-0.2, -0.15) is 4.57 Å². The highest BCUT2D eigenvalue weighted by Crippen LogP contribution is 2.21. The topological polar surface area (TPSA) is 70.7 Å². The number of hydrogen-bond donors (Lipinski definition) is 1. The van der Waals surface area contributed by atoms with Crippen LogP contribution < -0.4 is 4.57 Å². The number of benzene rings is 1. The number of hydrogen-bond acceptors (Lipinski definition) is 4. The van der Waals surface area contributed by atoms with Gasteiger partial charge in [0.1, 0.15) is 0 Å². The van der Waals surface area contributed by atoms with Crippen molar-refractivity contribution in [1.29, 1.82) is 0 Å². The number of aromatic nitrogens is 1. The van der Waals surface area contributed by atoms with Crippen LogP contribution in [0.3, 0.4) is 0 Å². The van der Waals surface area contributed by atoms with Crippen LogP contribution >= 0.6 is 0 Å². The van der Waals surface area contributed by atoms with E-state index in [4.69, 9.17) is 0 Å². The maximum absolute atomic E-state index is 12.8. The van der Waals surface area contributed by atoms with Crippen LogP contribution in [0.15, 0.2) is 60.9 Å². The Morgan fingerprint density at radius 3 is 2.36 bits per heavy atom. The summed E-state index contributed by atoms with van der Waals surface area (Å²) in [5, 5.41) is 9.87. The molecule has 0 aliphatic rings. The number of esters is 1. The van der Waals surface area contributed by atoms with E-state index >= 15 is 0 Å². The van der Waals surface area contributed by atoms with Crippen LogP contribution in [0, 0.1) is 0 Å². The van der Waals surface area contributed by atoms with E-state index in [0.717, 1.165) is 5.56 Å². The van der Waals surface area contributed by atoms with Crippen molar-refractivity contribution in [3.05, 3.63) is 66.5 Å². The van der Waals surface area contributed by atoms with Crippen LogP contribution in [-0.2, 0) is 20.9 Å². The minimum absolute atomic E-state index is 0.0744. The van der Waals surface area contributed by atoms with E-state index in [1.165, 1.54) is 12.0 Å². The van der Waals surface area contributed by atoms with Gasteiger partial charge in [0.2, 0.25) is 6.54 Å². The first-order valence-corrected chi connectivity index (χ1v) is 8.12. The highest BCUT2D eigenvalue weighted by molar-refractivity contribution is 5.76. The van der Waals surface area contributed by atoms with Crippen molar-refractivity contribution in [3.63, 3.8) is 0 Å². The molecule has 0 radical (unpaired) electrons. The minimum Gasteiger partial charge on any atom is -0.469 e. The van der Waals surface area contributed by atoms with Crippen molar-refractivity contribution in [2.24, 2.45) is 0 Å². The van der Waals surface area contributed by atoms with E-state index in [-0.39, 0.29) is 32.0 Å². The van der Waals surface area contributed by atoms with Crippen molar-refractivity contribution in [3.8, 4) is 0 Å². The standard InChI is InChI=1S/C19H23N2O4/c1-25-19(24)10-13-21(17(15-22)16-8-4-2-5-9-16)18(23)14-20-11-6-3-7-12-20/h2-9,11-12,17,22H,10,13-15H2,1H3/q+1/t17-/m0/s1. The SMILES string of the molecule is COC(=O)CCN(C(=O)C[n+]1ccccc1)[C@@H](CO)c1ccccc1. The zero-order chi connectivity index (χ0) is 18.1. The number of amides is 1. The summed E-state index contributed by atoms with van der Waals surface area (Å²) in [5.74, 6) is -0.571. The van der Waals surface area contributed by atoms with Crippen molar-refractivity contribution < 1.29 is 24.0 Å². The van der Waals surface area contributed by atoms with Gasteiger partial charge >= 0.3 is 5.97 Å². The molecule has 0 fully saturated rings. The zero-order valence-corrected chi connectivity index (χ0v) is 14.2. The summed E-state index contributed by atoms with van der Waals surface area (Å²) >= 11 is 0. The van der Waals surface area contributed by atoms with Crippen molar-refractivity contribution in [2.45, 2.75) is 19.0 Å². The van der Waals surface area contributed by atoms with Gasteiger partial charge in [0.15, 0.2) is 12.4 Å². The van der Waals surface area contributed by atoms with Gasteiger partial charge in [0, 0.05) is 18.7 Å². The first kappa shape index (κ1) is 18.6. The number of pyridine rings is 1. The third kappa shape index (κ3) is 5.39. The first-order chi connectivity index (χ1) is 12.2. The molecule has 0 saturated heterocycles. The van der Waals surface area contributed by atoms with E-state index in [1.807, 2.05) is 48.5 Å². The van der Waals surface area contributed by atoms with Gasteiger partial charge in [-0.05, 0) is 5.56 Å². The van der Waals surface area contributed by atoms with Crippen LogP contribution in [0.25, 0.3) is 0 Å². The number of aliphatic hydroxyl groups excluding tert-OH is 1. The number of ether oxygens (including phenoxy) is 1. The van der Waals surface area contributed by atoms with Gasteiger partial charge in [0.05, 0.1) is 26.2 Å². The van der Waals surface area contributed by atoms with Crippen molar-refractivity contribution in [1.82, 2.24) is 4.90 Å². The summed E-state index contributed by atoms with van der Waals surface area (Å²) < 4.78 is 6.43. The maximum Gasteiger partial charge on any atom is 0.307 e. The summed E-state index contributed by atoms with van der Waals surface area (Å²) in [6, 6.07) is 14.3. The van der Waals surface area contributed by atoms with Gasteiger partial charge < -0.3 is 14.7 Å². The lowest BCUT2D eigenvalue weighted by Gasteiger charge is -2.30. The Hall–Kier alpha value is -2.73. The first-order valence-electron chi connectivity index (χ1n) is 8.12. The predicted octanol–water partition coefficient (Wildman–Crippen LogP) is 1.10. The molecule has 0 aliphatic heterocycles. The smallest absolute Gasteiger partial charge is 0.307 e. The molecule has 0 spiro atoms. The van der Waals surface area contributed by atoms with Crippen LogP contribution in [0.1, 0.15) is 18.0 Å². The summed E-state index contributed by atoms with van der Waals surface area (Å²) in [5.41, 5.74) is 0.821. The van der Waals surface area contributed by atoms with Gasteiger partial charge in [-0.1, -0.05) is 36.4 Å². The summed E-state index contributed by atoms with van der Waals surface area (Å²) in [7, 11) is 1.31. The lowest BCUT2D eigenvalue weighted by Crippen LogP contribution is -2.47. The molecule has 1 aromatic heterocycles. The summed E-state index contributed by atoms with van der Waals surface area (Å²) in [4.78, 5) is 25.9. The number of methoxy groups -OCH3 is 1. The lowest BCUT2D eigenvalue weighted by atomic mass is 10.1. The molecular formula is C19H23N2O4+. The number of carbonyl (C=O) groups is 2. The third-order valence-corrected chi connectivity index (χ3v) is 3.93. The van der Waals surface area contributed by atoms with Crippen molar-refractivity contribution in [2.75, 3.05) is 20.3 Å². The summed E-state index contributed by atoms with van der Waals surface area (Å²) in [6.07, 6.45) is 3.67. The summed E-state index contributed by atoms with van der Waals surface area (Å²) in [6.45, 7) is 0.0841. The van der Waals surface area contributed by atoms with Crippen LogP contribution in [-0.4, -0.2) is 42.1 Å². The molecule has 2 aromatic rings. The second-order valence-corrected chi connectivity index (χ2v) is 5.57. The highest BCUT2D eigenvalue weighted by Gasteiger charge is 2.27. The van der Waals surface area contributed by atoms with Gasteiger partial charge in [-0.15, -0.1) is 0 Å². The number of nitrogens with zero attached hydrogens (tertiary/aromatic N) is 2. The number of rotatable bonds is 8. The minimum atomic E-state index is -0.511. The number of aliphatic hydroxyl groups is 1. The molecule has 1 amide bonds. The van der Waals surface area contributed by atoms with Crippen LogP contribution in [0.5, 0.6) is 0 Å². The second kappa shape index (κ2) is 9.54.